The highest BCUT2D eigenvalue weighted by Crippen LogP contribution is 2.31. The molecule has 0 aliphatic heterocycles. The van der Waals surface area contributed by atoms with Gasteiger partial charge in [0.05, 0.1) is 0 Å². The zero-order chi connectivity index (χ0) is 13.3. The van der Waals surface area contributed by atoms with E-state index in [4.69, 9.17) is 0 Å². The molecule has 94 valence electrons. The molecule has 0 amide bonds. The SMILES string of the molecule is CC(C)n1nnc(C(=O)O)c1-c1ccccc1Br. The minimum Gasteiger partial charge on any atom is -0.476 e. The maximum atomic E-state index is 11.2. The molecule has 1 aromatic carbocycles. The van der Waals surface area contributed by atoms with Gasteiger partial charge in [-0.15, -0.1) is 5.10 Å². The number of rotatable bonds is 3. The van der Waals surface area contributed by atoms with Gasteiger partial charge in [-0.1, -0.05) is 39.3 Å². The number of aromatic carboxylic acids is 1. The largest absolute Gasteiger partial charge is 0.476 e. The molecular weight excluding hydrogens is 298 g/mol. The average Bonchev–Trinajstić information content (AvgIpc) is 2.74. The molecule has 18 heavy (non-hydrogen) atoms. The van der Waals surface area contributed by atoms with Gasteiger partial charge in [-0.25, -0.2) is 9.48 Å². The number of aromatic nitrogens is 3. The van der Waals surface area contributed by atoms with Crippen molar-refractivity contribution in [2.75, 3.05) is 0 Å². The maximum absolute atomic E-state index is 11.2. The molecule has 0 unspecified atom stereocenters. The zero-order valence-corrected chi connectivity index (χ0v) is 11.5. The smallest absolute Gasteiger partial charge is 0.358 e. The first-order chi connectivity index (χ1) is 8.52. The second kappa shape index (κ2) is 4.89. The van der Waals surface area contributed by atoms with Crippen molar-refractivity contribution in [3.8, 4) is 11.3 Å². The summed E-state index contributed by atoms with van der Waals surface area (Å²) in [6.45, 7) is 3.86. The number of carboxylic acid groups (broad SMARTS) is 1. The van der Waals surface area contributed by atoms with Gasteiger partial charge in [0.2, 0.25) is 0 Å². The van der Waals surface area contributed by atoms with Crippen molar-refractivity contribution in [3.05, 3.63) is 34.4 Å². The van der Waals surface area contributed by atoms with E-state index in [0.717, 1.165) is 10.0 Å². The van der Waals surface area contributed by atoms with E-state index < -0.39 is 5.97 Å². The third kappa shape index (κ3) is 2.15. The number of hydrogen-bond donors (Lipinski definition) is 1. The fourth-order valence-corrected chi connectivity index (χ4v) is 2.18. The number of carbonyl (C=O) groups is 1. The predicted octanol–water partition coefficient (Wildman–Crippen LogP) is 2.99. The molecule has 1 N–H and O–H groups in total. The molecule has 2 rings (SSSR count). The van der Waals surface area contributed by atoms with E-state index in [0.29, 0.717) is 5.69 Å². The molecule has 0 radical (unpaired) electrons. The van der Waals surface area contributed by atoms with Gasteiger partial charge in [-0.05, 0) is 19.9 Å². The van der Waals surface area contributed by atoms with Crippen LogP contribution in [0.3, 0.4) is 0 Å². The summed E-state index contributed by atoms with van der Waals surface area (Å²) in [5.74, 6) is -1.08. The summed E-state index contributed by atoms with van der Waals surface area (Å²) >= 11 is 3.42. The lowest BCUT2D eigenvalue weighted by molar-refractivity contribution is 0.0691. The first kappa shape index (κ1) is 12.8. The van der Waals surface area contributed by atoms with Crippen molar-refractivity contribution < 1.29 is 9.90 Å². The van der Waals surface area contributed by atoms with Crippen molar-refractivity contribution in [1.29, 1.82) is 0 Å². The lowest BCUT2D eigenvalue weighted by Gasteiger charge is -2.11. The summed E-state index contributed by atoms with van der Waals surface area (Å²) < 4.78 is 2.43. The Hall–Kier alpha value is -1.69. The van der Waals surface area contributed by atoms with Crippen LogP contribution >= 0.6 is 15.9 Å². The van der Waals surface area contributed by atoms with E-state index in [1.54, 1.807) is 4.68 Å². The van der Waals surface area contributed by atoms with E-state index >= 15 is 0 Å². The van der Waals surface area contributed by atoms with Gasteiger partial charge in [-0.3, -0.25) is 0 Å². The molecule has 0 spiro atoms. The quantitative estimate of drug-likeness (QED) is 0.946. The Kier molecular flexibility index (Phi) is 3.47. The number of halogens is 1. The molecule has 0 fully saturated rings. The van der Waals surface area contributed by atoms with E-state index in [9.17, 15) is 9.90 Å². The monoisotopic (exact) mass is 309 g/mol. The Balaban J connectivity index is 2.72. The zero-order valence-electron chi connectivity index (χ0n) is 9.96. The van der Waals surface area contributed by atoms with Crippen LogP contribution in [0.2, 0.25) is 0 Å². The fraction of sp³-hybridized carbons (Fsp3) is 0.250. The van der Waals surface area contributed by atoms with Crippen molar-refractivity contribution in [3.63, 3.8) is 0 Å². The summed E-state index contributed by atoms with van der Waals surface area (Å²) in [7, 11) is 0. The van der Waals surface area contributed by atoms with Crippen LogP contribution in [0.25, 0.3) is 11.3 Å². The molecule has 0 saturated heterocycles. The van der Waals surface area contributed by atoms with Gasteiger partial charge < -0.3 is 5.11 Å². The van der Waals surface area contributed by atoms with Crippen LogP contribution < -0.4 is 0 Å². The van der Waals surface area contributed by atoms with E-state index in [-0.39, 0.29) is 11.7 Å². The van der Waals surface area contributed by atoms with Gasteiger partial charge in [0.25, 0.3) is 0 Å². The minimum absolute atomic E-state index is 0.0319. The maximum Gasteiger partial charge on any atom is 0.358 e. The Morgan fingerprint density at radius 1 is 1.39 bits per heavy atom. The molecule has 6 heteroatoms. The third-order valence-corrected chi connectivity index (χ3v) is 3.21. The summed E-state index contributed by atoms with van der Waals surface area (Å²) in [6.07, 6.45) is 0. The highest BCUT2D eigenvalue weighted by Gasteiger charge is 2.23. The fourth-order valence-electron chi connectivity index (χ4n) is 1.70. The van der Waals surface area contributed by atoms with Gasteiger partial charge >= 0.3 is 5.97 Å². The lowest BCUT2D eigenvalue weighted by Crippen LogP contribution is -2.07. The summed E-state index contributed by atoms with van der Waals surface area (Å²) in [5, 5.41) is 16.8. The predicted molar refractivity (Wildman–Crippen MR) is 70.5 cm³/mol. The molecule has 0 aliphatic rings. The number of nitrogens with zero attached hydrogens (tertiary/aromatic N) is 3. The molecular formula is C12H12BrN3O2. The van der Waals surface area contributed by atoms with Crippen LogP contribution in [0.1, 0.15) is 30.4 Å². The molecule has 0 atom stereocenters. The van der Waals surface area contributed by atoms with Crippen molar-refractivity contribution in [2.45, 2.75) is 19.9 Å². The van der Waals surface area contributed by atoms with Gasteiger partial charge in [0.15, 0.2) is 5.69 Å². The van der Waals surface area contributed by atoms with Crippen molar-refractivity contribution in [1.82, 2.24) is 15.0 Å². The molecule has 0 saturated carbocycles. The van der Waals surface area contributed by atoms with E-state index in [1.807, 2.05) is 38.1 Å². The van der Waals surface area contributed by atoms with Crippen LogP contribution in [0.5, 0.6) is 0 Å². The highest BCUT2D eigenvalue weighted by atomic mass is 79.9. The summed E-state index contributed by atoms with van der Waals surface area (Å²) in [6, 6.07) is 7.46. The topological polar surface area (TPSA) is 68.0 Å². The van der Waals surface area contributed by atoms with Crippen LogP contribution in [-0.4, -0.2) is 26.1 Å². The van der Waals surface area contributed by atoms with Gasteiger partial charge in [-0.2, -0.15) is 0 Å². The molecule has 5 nitrogen and oxygen atoms in total. The minimum atomic E-state index is -1.08. The Morgan fingerprint density at radius 3 is 2.61 bits per heavy atom. The second-order valence-electron chi connectivity index (χ2n) is 4.11. The standard InChI is InChI=1S/C12H12BrN3O2/c1-7(2)16-11(10(12(17)18)14-15-16)8-5-3-4-6-9(8)13/h3-7H,1-2H3,(H,17,18). The third-order valence-electron chi connectivity index (χ3n) is 2.52. The highest BCUT2D eigenvalue weighted by molar-refractivity contribution is 9.10. The Labute approximate surface area is 113 Å². The van der Waals surface area contributed by atoms with E-state index in [1.165, 1.54) is 0 Å². The van der Waals surface area contributed by atoms with Crippen LogP contribution in [-0.2, 0) is 0 Å². The number of hydrogen-bond acceptors (Lipinski definition) is 3. The molecule has 1 aromatic heterocycles. The lowest BCUT2D eigenvalue weighted by atomic mass is 10.1. The number of benzene rings is 1. The van der Waals surface area contributed by atoms with Crippen LogP contribution in [0.4, 0.5) is 0 Å². The second-order valence-corrected chi connectivity index (χ2v) is 4.96. The molecule has 0 aliphatic carbocycles. The van der Waals surface area contributed by atoms with Gasteiger partial charge in [0, 0.05) is 16.1 Å². The van der Waals surface area contributed by atoms with Gasteiger partial charge in [0.1, 0.15) is 5.69 Å². The van der Waals surface area contributed by atoms with Crippen LogP contribution in [0.15, 0.2) is 28.7 Å². The van der Waals surface area contributed by atoms with Crippen molar-refractivity contribution in [2.24, 2.45) is 0 Å². The van der Waals surface area contributed by atoms with E-state index in [2.05, 4.69) is 26.2 Å². The van der Waals surface area contributed by atoms with Crippen LogP contribution in [0, 0.1) is 0 Å². The Morgan fingerprint density at radius 2 is 2.06 bits per heavy atom. The van der Waals surface area contributed by atoms with Crippen molar-refractivity contribution >= 4 is 21.9 Å². The Bertz CT molecular complexity index is 593. The molecule has 1 heterocycles. The normalized spacial score (nSPS) is 10.9. The summed E-state index contributed by atoms with van der Waals surface area (Å²) in [5.41, 5.74) is 1.26. The first-order valence-corrected chi connectivity index (χ1v) is 6.25. The summed E-state index contributed by atoms with van der Waals surface area (Å²) in [4.78, 5) is 11.2. The first-order valence-electron chi connectivity index (χ1n) is 5.45. The molecule has 2 aromatic rings. The number of carboxylic acids is 1. The molecule has 0 bridgehead atoms. The average molecular weight is 310 g/mol.